The van der Waals surface area contributed by atoms with Crippen molar-refractivity contribution in [3.05, 3.63) is 72.3 Å². The van der Waals surface area contributed by atoms with E-state index < -0.39 is 0 Å². The molecule has 0 aromatic heterocycles. The molecular formula is C23H23N. The quantitative estimate of drug-likeness (QED) is 0.553. The zero-order valence-corrected chi connectivity index (χ0v) is 14.1. The van der Waals surface area contributed by atoms with E-state index in [-0.39, 0.29) is 0 Å². The molecule has 0 saturated carbocycles. The summed E-state index contributed by atoms with van der Waals surface area (Å²) in [6.07, 6.45) is 6.00. The third-order valence-electron chi connectivity index (χ3n) is 5.08. The molecule has 24 heavy (non-hydrogen) atoms. The summed E-state index contributed by atoms with van der Waals surface area (Å²) in [4.78, 5) is 0. The third-order valence-corrected chi connectivity index (χ3v) is 5.08. The van der Waals surface area contributed by atoms with E-state index >= 15 is 0 Å². The molecule has 0 bridgehead atoms. The van der Waals surface area contributed by atoms with Crippen LogP contribution in [-0.2, 0) is 0 Å². The Balaban J connectivity index is 1.77. The standard InChI is InChI=1S/C23H23N/c1-16-6-8-18(9-7-16)21-13-22(15-23(24)14-21)20-11-10-17-4-2-3-5-19(17)12-20/h2-5,8,10-16H,6-7,9,24H2,1H3. The maximum absolute atomic E-state index is 6.22. The Hall–Kier alpha value is -2.54. The summed E-state index contributed by atoms with van der Waals surface area (Å²) in [5.41, 5.74) is 12.2. The molecule has 0 saturated heterocycles. The Bertz CT molecular complexity index is 920. The van der Waals surface area contributed by atoms with Crippen LogP contribution in [0.15, 0.2) is 66.7 Å². The van der Waals surface area contributed by atoms with Crippen molar-refractivity contribution in [2.24, 2.45) is 5.92 Å². The SMILES string of the molecule is CC1CC=C(c2cc(N)cc(-c3ccc4ccccc4c3)c2)CC1. The monoisotopic (exact) mass is 313 g/mol. The summed E-state index contributed by atoms with van der Waals surface area (Å²) in [7, 11) is 0. The van der Waals surface area contributed by atoms with Crippen molar-refractivity contribution in [1.29, 1.82) is 0 Å². The molecule has 1 atom stereocenters. The Kier molecular flexibility index (Phi) is 3.86. The molecule has 1 unspecified atom stereocenters. The van der Waals surface area contributed by atoms with E-state index in [4.69, 9.17) is 5.73 Å². The van der Waals surface area contributed by atoms with Crippen LogP contribution in [0.25, 0.3) is 27.5 Å². The van der Waals surface area contributed by atoms with Gasteiger partial charge in [0.25, 0.3) is 0 Å². The molecule has 120 valence electrons. The van der Waals surface area contributed by atoms with Gasteiger partial charge in [-0.1, -0.05) is 49.4 Å². The van der Waals surface area contributed by atoms with E-state index in [2.05, 4.69) is 73.7 Å². The topological polar surface area (TPSA) is 26.0 Å². The highest BCUT2D eigenvalue weighted by Gasteiger charge is 2.13. The molecular weight excluding hydrogens is 290 g/mol. The van der Waals surface area contributed by atoms with Gasteiger partial charge in [-0.3, -0.25) is 0 Å². The summed E-state index contributed by atoms with van der Waals surface area (Å²) in [5, 5.41) is 2.54. The molecule has 0 amide bonds. The van der Waals surface area contributed by atoms with Crippen LogP contribution in [0.1, 0.15) is 31.7 Å². The number of fused-ring (bicyclic) bond motifs is 1. The number of hydrogen-bond donors (Lipinski definition) is 1. The van der Waals surface area contributed by atoms with E-state index in [1.165, 1.54) is 45.9 Å². The molecule has 4 rings (SSSR count). The molecule has 1 aliphatic carbocycles. The highest BCUT2D eigenvalue weighted by Crippen LogP contribution is 2.34. The first-order valence-corrected chi connectivity index (χ1v) is 8.78. The lowest BCUT2D eigenvalue weighted by Crippen LogP contribution is -2.01. The van der Waals surface area contributed by atoms with Crippen molar-refractivity contribution >= 4 is 22.0 Å². The highest BCUT2D eigenvalue weighted by atomic mass is 14.5. The van der Waals surface area contributed by atoms with Gasteiger partial charge in [-0.2, -0.15) is 0 Å². The van der Waals surface area contributed by atoms with Gasteiger partial charge in [-0.05, 0) is 82.5 Å². The largest absolute Gasteiger partial charge is 0.399 e. The Labute approximate surface area is 143 Å². The van der Waals surface area contributed by atoms with Crippen molar-refractivity contribution in [2.75, 3.05) is 5.73 Å². The molecule has 0 aliphatic heterocycles. The van der Waals surface area contributed by atoms with E-state index in [1.807, 2.05) is 0 Å². The van der Waals surface area contributed by atoms with Crippen LogP contribution in [0.2, 0.25) is 0 Å². The number of anilines is 1. The van der Waals surface area contributed by atoms with Crippen LogP contribution < -0.4 is 5.73 Å². The Morgan fingerprint density at radius 3 is 2.42 bits per heavy atom. The van der Waals surface area contributed by atoms with E-state index in [9.17, 15) is 0 Å². The van der Waals surface area contributed by atoms with Gasteiger partial charge in [0.1, 0.15) is 0 Å². The molecule has 0 heterocycles. The molecule has 1 heteroatoms. The van der Waals surface area contributed by atoms with Gasteiger partial charge in [0, 0.05) is 5.69 Å². The maximum Gasteiger partial charge on any atom is 0.0326 e. The van der Waals surface area contributed by atoms with Crippen molar-refractivity contribution in [1.82, 2.24) is 0 Å². The Morgan fingerprint density at radius 2 is 1.62 bits per heavy atom. The minimum atomic E-state index is 0.801. The maximum atomic E-state index is 6.22. The second-order valence-corrected chi connectivity index (χ2v) is 7.01. The molecule has 3 aromatic carbocycles. The normalized spacial score (nSPS) is 17.7. The number of nitrogens with two attached hydrogens (primary N) is 1. The van der Waals surface area contributed by atoms with Crippen LogP contribution in [-0.4, -0.2) is 0 Å². The van der Waals surface area contributed by atoms with E-state index in [0.717, 1.165) is 18.0 Å². The lowest BCUT2D eigenvalue weighted by molar-refractivity contribution is 0.534. The molecule has 3 aromatic rings. The third kappa shape index (κ3) is 2.94. The number of nitrogen functional groups attached to an aromatic ring is 1. The lowest BCUT2D eigenvalue weighted by atomic mass is 9.86. The van der Waals surface area contributed by atoms with Gasteiger partial charge in [-0.15, -0.1) is 0 Å². The molecule has 1 nitrogen and oxygen atoms in total. The lowest BCUT2D eigenvalue weighted by Gasteiger charge is -2.19. The van der Waals surface area contributed by atoms with Crippen molar-refractivity contribution in [3.63, 3.8) is 0 Å². The molecule has 0 radical (unpaired) electrons. The second kappa shape index (κ2) is 6.16. The van der Waals surface area contributed by atoms with Crippen molar-refractivity contribution in [3.8, 4) is 11.1 Å². The molecule has 0 spiro atoms. The summed E-state index contributed by atoms with van der Waals surface area (Å²) in [6.45, 7) is 2.33. The van der Waals surface area contributed by atoms with Crippen LogP contribution in [0.5, 0.6) is 0 Å². The zero-order valence-electron chi connectivity index (χ0n) is 14.1. The average Bonchev–Trinajstić information content (AvgIpc) is 2.61. The van der Waals surface area contributed by atoms with Crippen molar-refractivity contribution < 1.29 is 0 Å². The van der Waals surface area contributed by atoms with Crippen LogP contribution in [0.4, 0.5) is 5.69 Å². The van der Waals surface area contributed by atoms with Crippen molar-refractivity contribution in [2.45, 2.75) is 26.2 Å². The highest BCUT2D eigenvalue weighted by molar-refractivity contribution is 5.88. The smallest absolute Gasteiger partial charge is 0.0326 e. The fraction of sp³-hybridized carbons (Fsp3) is 0.217. The average molecular weight is 313 g/mol. The summed E-state index contributed by atoms with van der Waals surface area (Å²) < 4.78 is 0. The zero-order chi connectivity index (χ0) is 16.5. The van der Waals surface area contributed by atoms with Gasteiger partial charge in [0.15, 0.2) is 0 Å². The predicted octanol–water partition coefficient (Wildman–Crippen LogP) is 6.29. The summed E-state index contributed by atoms with van der Waals surface area (Å²) >= 11 is 0. The first kappa shape index (κ1) is 15.0. The van der Waals surface area contributed by atoms with E-state index in [0.29, 0.717) is 0 Å². The van der Waals surface area contributed by atoms with Crippen LogP contribution in [0, 0.1) is 5.92 Å². The number of allylic oxidation sites excluding steroid dienone is 2. The first-order valence-electron chi connectivity index (χ1n) is 8.78. The van der Waals surface area contributed by atoms with Gasteiger partial charge in [0.05, 0.1) is 0 Å². The number of rotatable bonds is 2. The minimum Gasteiger partial charge on any atom is -0.399 e. The predicted molar refractivity (Wildman–Crippen MR) is 105 cm³/mol. The van der Waals surface area contributed by atoms with Crippen LogP contribution in [0.3, 0.4) is 0 Å². The molecule has 1 aliphatic rings. The Morgan fingerprint density at radius 1 is 0.833 bits per heavy atom. The molecule has 2 N–H and O–H groups in total. The van der Waals surface area contributed by atoms with E-state index in [1.54, 1.807) is 0 Å². The minimum absolute atomic E-state index is 0.801. The first-order chi connectivity index (χ1) is 11.7. The van der Waals surface area contributed by atoms with Crippen LogP contribution >= 0.6 is 0 Å². The van der Waals surface area contributed by atoms with Gasteiger partial charge >= 0.3 is 0 Å². The summed E-state index contributed by atoms with van der Waals surface area (Å²) in [6, 6.07) is 21.6. The van der Waals surface area contributed by atoms with Gasteiger partial charge < -0.3 is 5.73 Å². The number of hydrogen-bond acceptors (Lipinski definition) is 1. The fourth-order valence-electron chi connectivity index (χ4n) is 3.60. The molecule has 0 fully saturated rings. The van der Waals surface area contributed by atoms with Gasteiger partial charge in [-0.25, -0.2) is 0 Å². The number of benzene rings is 3. The fourth-order valence-corrected chi connectivity index (χ4v) is 3.60. The summed E-state index contributed by atoms with van der Waals surface area (Å²) in [5.74, 6) is 0.801. The van der Waals surface area contributed by atoms with Gasteiger partial charge in [0.2, 0.25) is 0 Å². The second-order valence-electron chi connectivity index (χ2n) is 7.01.